The fourth-order valence-electron chi connectivity index (χ4n) is 4.92. The molecule has 2 saturated carbocycles. The van der Waals surface area contributed by atoms with Crippen LogP contribution in [0.5, 0.6) is 0 Å². The van der Waals surface area contributed by atoms with Crippen LogP contribution in [0.1, 0.15) is 87.7 Å². The van der Waals surface area contributed by atoms with E-state index in [1.807, 2.05) is 0 Å². The van der Waals surface area contributed by atoms with Gasteiger partial charge in [-0.05, 0) is 65.7 Å². The Morgan fingerprint density at radius 2 is 0.960 bits per heavy atom. The summed E-state index contributed by atoms with van der Waals surface area (Å²) < 4.78 is 0. The lowest BCUT2D eigenvalue weighted by molar-refractivity contribution is 0.348. The van der Waals surface area contributed by atoms with E-state index in [-0.39, 0.29) is 0 Å². The van der Waals surface area contributed by atoms with Crippen LogP contribution in [-0.2, 0) is 0 Å². The van der Waals surface area contributed by atoms with E-state index in [1.165, 1.54) is 68.9 Å². The second kappa shape index (κ2) is 7.77. The monoisotopic (exact) mass is 332 g/mol. The molecule has 4 rings (SSSR count). The Bertz CT molecular complexity index is 650. The number of benzene rings is 2. The highest BCUT2D eigenvalue weighted by Gasteiger charge is 2.19. The van der Waals surface area contributed by atoms with Crippen molar-refractivity contribution in [3.05, 3.63) is 59.7 Å². The average molecular weight is 333 g/mol. The van der Waals surface area contributed by atoms with Crippen LogP contribution in [0.15, 0.2) is 48.5 Å². The van der Waals surface area contributed by atoms with Crippen LogP contribution in [0.4, 0.5) is 0 Å². The topological polar surface area (TPSA) is 0 Å². The van der Waals surface area contributed by atoms with Crippen LogP contribution >= 0.6 is 0 Å². The maximum Gasteiger partial charge on any atom is -0.0162 e. The van der Waals surface area contributed by atoms with Gasteiger partial charge in [-0.2, -0.15) is 0 Å². The van der Waals surface area contributed by atoms with Gasteiger partial charge in [-0.3, -0.25) is 0 Å². The van der Waals surface area contributed by atoms with E-state index in [1.54, 1.807) is 11.1 Å². The predicted molar refractivity (Wildman–Crippen MR) is 108 cm³/mol. The third kappa shape index (κ3) is 4.00. The van der Waals surface area contributed by atoms with Gasteiger partial charge in [0.25, 0.3) is 0 Å². The van der Waals surface area contributed by atoms with Crippen molar-refractivity contribution in [3.8, 4) is 11.1 Å². The van der Waals surface area contributed by atoms with Gasteiger partial charge in [0.15, 0.2) is 0 Å². The van der Waals surface area contributed by atoms with Crippen molar-refractivity contribution >= 4 is 0 Å². The molecule has 0 heterocycles. The molecule has 2 aliphatic carbocycles. The summed E-state index contributed by atoms with van der Waals surface area (Å²) in [5.74, 6) is 2.52. The molecule has 0 radical (unpaired) electrons. The molecule has 0 heteroatoms. The lowest BCUT2D eigenvalue weighted by Gasteiger charge is -2.26. The quantitative estimate of drug-likeness (QED) is 0.540. The van der Waals surface area contributed by atoms with E-state index in [9.17, 15) is 0 Å². The number of hydrogen-bond donors (Lipinski definition) is 0. The molecular weight excluding hydrogens is 300 g/mol. The molecule has 0 aliphatic heterocycles. The van der Waals surface area contributed by atoms with Gasteiger partial charge >= 0.3 is 0 Å². The first-order valence-corrected chi connectivity index (χ1v) is 10.5. The molecule has 0 spiro atoms. The fourth-order valence-corrected chi connectivity index (χ4v) is 4.92. The van der Waals surface area contributed by atoms with Crippen molar-refractivity contribution in [1.82, 2.24) is 0 Å². The highest BCUT2D eigenvalue weighted by molar-refractivity contribution is 5.64. The number of hydrogen-bond acceptors (Lipinski definition) is 0. The highest BCUT2D eigenvalue weighted by Crippen LogP contribution is 2.37. The summed E-state index contributed by atoms with van der Waals surface area (Å²) in [6.07, 6.45) is 12.6. The zero-order valence-electron chi connectivity index (χ0n) is 15.7. The highest BCUT2D eigenvalue weighted by atomic mass is 14.2. The molecular formula is C25H32. The summed E-state index contributed by atoms with van der Waals surface area (Å²) in [5, 5.41) is 0. The van der Waals surface area contributed by atoms with E-state index in [0.29, 0.717) is 0 Å². The summed E-state index contributed by atoms with van der Waals surface area (Å²) in [5.41, 5.74) is 5.83. The lowest BCUT2D eigenvalue weighted by Crippen LogP contribution is -2.10. The molecule has 0 atom stereocenters. The van der Waals surface area contributed by atoms with Crippen LogP contribution in [0.25, 0.3) is 11.1 Å². The molecule has 0 saturated heterocycles. The van der Waals surface area contributed by atoms with Crippen LogP contribution in [-0.4, -0.2) is 0 Å². The first kappa shape index (κ1) is 16.9. The molecule has 2 aromatic rings. The Kier molecular flexibility index (Phi) is 5.25. The van der Waals surface area contributed by atoms with E-state index >= 15 is 0 Å². The molecule has 132 valence electrons. The minimum atomic E-state index is 0.791. The molecule has 2 aromatic carbocycles. The Balaban J connectivity index is 1.44. The third-order valence-electron chi connectivity index (χ3n) is 6.72. The fraction of sp³-hybridized carbons (Fsp3) is 0.520. The summed E-state index contributed by atoms with van der Waals surface area (Å²) >= 11 is 0. The first-order chi connectivity index (χ1) is 12.3. The van der Waals surface area contributed by atoms with Crippen LogP contribution in [0, 0.1) is 5.92 Å². The van der Waals surface area contributed by atoms with Gasteiger partial charge in [0.2, 0.25) is 0 Å². The van der Waals surface area contributed by atoms with Crippen molar-refractivity contribution in [2.45, 2.75) is 76.5 Å². The standard InChI is InChI=1S/C25H32/c1-19-7-9-21(10-8-19)23-15-17-25(18-16-23)24-13-11-22(12-14-24)20-5-3-2-4-6-20/h11-21H,2-10H2,1H3. The molecule has 2 aliphatic rings. The van der Waals surface area contributed by atoms with Crippen molar-refractivity contribution in [2.75, 3.05) is 0 Å². The number of rotatable bonds is 3. The van der Waals surface area contributed by atoms with E-state index < -0.39 is 0 Å². The van der Waals surface area contributed by atoms with Gasteiger partial charge in [0, 0.05) is 0 Å². The van der Waals surface area contributed by atoms with Gasteiger partial charge in [0.1, 0.15) is 0 Å². The van der Waals surface area contributed by atoms with Crippen LogP contribution in [0.2, 0.25) is 0 Å². The van der Waals surface area contributed by atoms with Crippen molar-refractivity contribution in [1.29, 1.82) is 0 Å². The predicted octanol–water partition coefficient (Wildman–Crippen LogP) is 7.70. The van der Waals surface area contributed by atoms with Crippen LogP contribution < -0.4 is 0 Å². The summed E-state index contributed by atoms with van der Waals surface area (Å²) in [6, 6.07) is 18.9. The van der Waals surface area contributed by atoms with Gasteiger partial charge < -0.3 is 0 Å². The Morgan fingerprint density at radius 1 is 0.520 bits per heavy atom. The minimum Gasteiger partial charge on any atom is -0.0625 e. The van der Waals surface area contributed by atoms with Crippen molar-refractivity contribution < 1.29 is 0 Å². The molecule has 0 aromatic heterocycles. The molecule has 0 nitrogen and oxygen atoms in total. The summed E-state index contributed by atoms with van der Waals surface area (Å²) in [4.78, 5) is 0. The Hall–Kier alpha value is -1.56. The Morgan fingerprint density at radius 3 is 1.44 bits per heavy atom. The van der Waals surface area contributed by atoms with Crippen molar-refractivity contribution in [3.63, 3.8) is 0 Å². The van der Waals surface area contributed by atoms with Gasteiger partial charge in [-0.1, -0.05) is 87.6 Å². The minimum absolute atomic E-state index is 0.791. The molecule has 0 bridgehead atoms. The molecule has 0 N–H and O–H groups in total. The zero-order valence-corrected chi connectivity index (χ0v) is 15.7. The second-order valence-corrected chi connectivity index (χ2v) is 8.54. The largest absolute Gasteiger partial charge is 0.0625 e. The van der Waals surface area contributed by atoms with E-state index in [0.717, 1.165) is 17.8 Å². The summed E-state index contributed by atoms with van der Waals surface area (Å²) in [7, 11) is 0. The molecule has 2 fully saturated rings. The van der Waals surface area contributed by atoms with E-state index in [4.69, 9.17) is 0 Å². The molecule has 0 amide bonds. The lowest BCUT2D eigenvalue weighted by atomic mass is 9.79. The summed E-state index contributed by atoms with van der Waals surface area (Å²) in [6.45, 7) is 2.40. The zero-order chi connectivity index (χ0) is 17.1. The normalized spacial score (nSPS) is 25.0. The van der Waals surface area contributed by atoms with Gasteiger partial charge in [-0.15, -0.1) is 0 Å². The third-order valence-corrected chi connectivity index (χ3v) is 6.72. The van der Waals surface area contributed by atoms with Gasteiger partial charge in [-0.25, -0.2) is 0 Å². The first-order valence-electron chi connectivity index (χ1n) is 10.5. The maximum atomic E-state index is 2.40. The van der Waals surface area contributed by atoms with Crippen LogP contribution in [0.3, 0.4) is 0 Å². The van der Waals surface area contributed by atoms with Crippen molar-refractivity contribution in [2.24, 2.45) is 5.92 Å². The molecule has 25 heavy (non-hydrogen) atoms. The SMILES string of the molecule is CC1CCC(c2ccc(-c3ccc(C4CCCCC4)cc3)cc2)CC1. The maximum absolute atomic E-state index is 2.40. The average Bonchev–Trinajstić information content (AvgIpc) is 2.70. The Labute approximate surface area is 153 Å². The molecule has 0 unspecified atom stereocenters. The van der Waals surface area contributed by atoms with E-state index in [2.05, 4.69) is 55.5 Å². The van der Waals surface area contributed by atoms with Gasteiger partial charge in [0.05, 0.1) is 0 Å². The second-order valence-electron chi connectivity index (χ2n) is 8.54. The smallest absolute Gasteiger partial charge is 0.0162 e.